The Morgan fingerprint density at radius 3 is 3.06 bits per heavy atom. The van der Waals surface area contributed by atoms with Crippen molar-refractivity contribution in [2.45, 2.75) is 19.8 Å². The SMILES string of the molecule is Cc1cc2c(cn1)Oc1cccnc1CC2. The van der Waals surface area contributed by atoms with E-state index in [-0.39, 0.29) is 0 Å². The average Bonchev–Trinajstić information content (AvgIpc) is 2.48. The first kappa shape index (κ1) is 9.33. The van der Waals surface area contributed by atoms with Gasteiger partial charge in [0.05, 0.1) is 11.9 Å². The number of aryl methyl sites for hydroxylation is 3. The van der Waals surface area contributed by atoms with Crippen LogP contribution in [-0.4, -0.2) is 9.97 Å². The summed E-state index contributed by atoms with van der Waals surface area (Å²) in [5, 5.41) is 0. The van der Waals surface area contributed by atoms with Crippen LogP contribution >= 0.6 is 0 Å². The first-order chi connectivity index (χ1) is 7.83. The summed E-state index contributed by atoms with van der Waals surface area (Å²) in [7, 11) is 0. The van der Waals surface area contributed by atoms with Gasteiger partial charge in [0.25, 0.3) is 0 Å². The van der Waals surface area contributed by atoms with E-state index in [2.05, 4.69) is 16.0 Å². The molecule has 0 radical (unpaired) electrons. The predicted molar refractivity (Wildman–Crippen MR) is 60.7 cm³/mol. The Kier molecular flexibility index (Phi) is 2.10. The quantitative estimate of drug-likeness (QED) is 0.673. The maximum absolute atomic E-state index is 5.83. The minimum atomic E-state index is 0.854. The number of hydrogen-bond donors (Lipinski definition) is 0. The Labute approximate surface area is 94.1 Å². The number of fused-ring (bicyclic) bond motifs is 2. The summed E-state index contributed by atoms with van der Waals surface area (Å²) >= 11 is 0. The van der Waals surface area contributed by atoms with Crippen molar-refractivity contribution in [3.05, 3.63) is 47.5 Å². The summed E-state index contributed by atoms with van der Waals surface area (Å²) < 4.78 is 5.83. The number of rotatable bonds is 0. The molecule has 0 amide bonds. The molecule has 3 heteroatoms. The highest BCUT2D eigenvalue weighted by molar-refractivity contribution is 5.41. The Morgan fingerprint density at radius 1 is 1.19 bits per heavy atom. The molecule has 0 bridgehead atoms. The molecule has 0 N–H and O–H groups in total. The van der Waals surface area contributed by atoms with E-state index in [1.807, 2.05) is 25.3 Å². The van der Waals surface area contributed by atoms with E-state index in [4.69, 9.17) is 4.74 Å². The first-order valence-corrected chi connectivity index (χ1v) is 5.40. The molecule has 0 saturated carbocycles. The smallest absolute Gasteiger partial charge is 0.149 e. The molecule has 1 aliphatic heterocycles. The Hall–Kier alpha value is -1.90. The number of ether oxygens (including phenoxy) is 1. The van der Waals surface area contributed by atoms with Crippen LogP contribution in [0.2, 0.25) is 0 Å². The minimum Gasteiger partial charge on any atom is -0.454 e. The summed E-state index contributed by atoms with van der Waals surface area (Å²) in [6.07, 6.45) is 5.49. The van der Waals surface area contributed by atoms with E-state index in [1.54, 1.807) is 6.20 Å². The summed E-state index contributed by atoms with van der Waals surface area (Å²) in [4.78, 5) is 8.60. The van der Waals surface area contributed by atoms with E-state index in [9.17, 15) is 0 Å². The zero-order valence-corrected chi connectivity index (χ0v) is 9.10. The lowest BCUT2D eigenvalue weighted by Gasteiger charge is -2.07. The summed E-state index contributed by atoms with van der Waals surface area (Å²) in [5.41, 5.74) is 3.27. The predicted octanol–water partition coefficient (Wildman–Crippen LogP) is 2.68. The second-order valence-corrected chi connectivity index (χ2v) is 3.98. The monoisotopic (exact) mass is 212 g/mol. The van der Waals surface area contributed by atoms with Crippen LogP contribution in [0.25, 0.3) is 0 Å². The third kappa shape index (κ3) is 1.54. The molecule has 80 valence electrons. The molecule has 0 atom stereocenters. The summed E-state index contributed by atoms with van der Waals surface area (Å²) in [5.74, 6) is 1.71. The van der Waals surface area contributed by atoms with Crippen molar-refractivity contribution < 1.29 is 4.74 Å². The van der Waals surface area contributed by atoms with Crippen LogP contribution in [0.4, 0.5) is 0 Å². The maximum atomic E-state index is 5.83. The maximum Gasteiger partial charge on any atom is 0.149 e. The second-order valence-electron chi connectivity index (χ2n) is 3.98. The van der Waals surface area contributed by atoms with Crippen LogP contribution in [0.5, 0.6) is 11.5 Å². The van der Waals surface area contributed by atoms with Crippen LogP contribution in [0.1, 0.15) is 17.0 Å². The topological polar surface area (TPSA) is 35.0 Å². The van der Waals surface area contributed by atoms with Crippen LogP contribution in [0.3, 0.4) is 0 Å². The number of hydrogen-bond acceptors (Lipinski definition) is 3. The van der Waals surface area contributed by atoms with Gasteiger partial charge in [-0.05, 0) is 43.5 Å². The van der Waals surface area contributed by atoms with Crippen LogP contribution in [0.15, 0.2) is 30.6 Å². The first-order valence-electron chi connectivity index (χ1n) is 5.40. The third-order valence-electron chi connectivity index (χ3n) is 2.78. The van der Waals surface area contributed by atoms with Gasteiger partial charge in [0.1, 0.15) is 11.5 Å². The molecule has 3 rings (SSSR count). The highest BCUT2D eigenvalue weighted by Gasteiger charge is 2.15. The van der Waals surface area contributed by atoms with E-state index >= 15 is 0 Å². The molecule has 0 saturated heterocycles. The fourth-order valence-corrected chi connectivity index (χ4v) is 1.97. The van der Waals surface area contributed by atoms with Crippen molar-refractivity contribution in [3.63, 3.8) is 0 Å². The van der Waals surface area contributed by atoms with Crippen molar-refractivity contribution in [2.24, 2.45) is 0 Å². The van der Waals surface area contributed by atoms with Crippen LogP contribution in [-0.2, 0) is 12.8 Å². The Balaban J connectivity index is 2.08. The molecule has 0 unspecified atom stereocenters. The van der Waals surface area contributed by atoms with Gasteiger partial charge in [-0.2, -0.15) is 0 Å². The largest absolute Gasteiger partial charge is 0.454 e. The van der Waals surface area contributed by atoms with Gasteiger partial charge in [-0.1, -0.05) is 0 Å². The molecule has 3 nitrogen and oxygen atoms in total. The lowest BCUT2D eigenvalue weighted by molar-refractivity contribution is 0.473. The van der Waals surface area contributed by atoms with E-state index < -0.39 is 0 Å². The lowest BCUT2D eigenvalue weighted by Crippen LogP contribution is -1.92. The molecule has 2 aromatic rings. The summed E-state index contributed by atoms with van der Waals surface area (Å²) in [6.45, 7) is 2.00. The van der Waals surface area contributed by atoms with Gasteiger partial charge in [0.2, 0.25) is 0 Å². The molecule has 2 aromatic heterocycles. The summed E-state index contributed by atoms with van der Waals surface area (Å²) in [6, 6.07) is 5.93. The van der Waals surface area contributed by atoms with E-state index in [1.165, 1.54) is 5.56 Å². The fourth-order valence-electron chi connectivity index (χ4n) is 1.97. The standard InChI is InChI=1S/C13H12N2O/c1-9-7-10-4-5-11-12(3-2-6-14-11)16-13(10)8-15-9/h2-3,6-8H,4-5H2,1H3. The van der Waals surface area contributed by atoms with E-state index in [0.717, 1.165) is 35.7 Å². The van der Waals surface area contributed by atoms with Gasteiger partial charge in [-0.3, -0.25) is 9.97 Å². The second kappa shape index (κ2) is 3.59. The molecule has 1 aliphatic rings. The Bertz CT molecular complexity index is 537. The van der Waals surface area contributed by atoms with Crippen molar-refractivity contribution in [1.82, 2.24) is 9.97 Å². The number of nitrogens with zero attached hydrogens (tertiary/aromatic N) is 2. The zero-order valence-electron chi connectivity index (χ0n) is 9.10. The van der Waals surface area contributed by atoms with Gasteiger partial charge in [-0.15, -0.1) is 0 Å². The molecule has 0 spiro atoms. The van der Waals surface area contributed by atoms with Crippen molar-refractivity contribution in [2.75, 3.05) is 0 Å². The van der Waals surface area contributed by atoms with Crippen LogP contribution < -0.4 is 4.74 Å². The normalized spacial score (nSPS) is 13.3. The zero-order chi connectivity index (χ0) is 11.0. The molecule has 0 fully saturated rings. The van der Waals surface area contributed by atoms with Crippen molar-refractivity contribution >= 4 is 0 Å². The minimum absolute atomic E-state index is 0.854. The van der Waals surface area contributed by atoms with Crippen LogP contribution in [0, 0.1) is 6.92 Å². The highest BCUT2D eigenvalue weighted by atomic mass is 16.5. The molecule has 0 aromatic carbocycles. The highest BCUT2D eigenvalue weighted by Crippen LogP contribution is 2.31. The fraction of sp³-hybridized carbons (Fsp3) is 0.231. The van der Waals surface area contributed by atoms with Gasteiger partial charge in [-0.25, -0.2) is 0 Å². The molecule has 0 aliphatic carbocycles. The average molecular weight is 212 g/mol. The van der Waals surface area contributed by atoms with Gasteiger partial charge in [0, 0.05) is 11.9 Å². The van der Waals surface area contributed by atoms with Gasteiger partial charge >= 0.3 is 0 Å². The molecule has 16 heavy (non-hydrogen) atoms. The lowest BCUT2D eigenvalue weighted by atomic mass is 10.1. The van der Waals surface area contributed by atoms with Gasteiger partial charge in [0.15, 0.2) is 0 Å². The number of pyridine rings is 2. The Morgan fingerprint density at radius 2 is 2.12 bits per heavy atom. The number of aromatic nitrogens is 2. The third-order valence-corrected chi connectivity index (χ3v) is 2.78. The molecular weight excluding hydrogens is 200 g/mol. The molecule has 3 heterocycles. The van der Waals surface area contributed by atoms with Gasteiger partial charge < -0.3 is 4.74 Å². The van der Waals surface area contributed by atoms with E-state index in [0.29, 0.717) is 0 Å². The van der Waals surface area contributed by atoms with Crippen molar-refractivity contribution in [1.29, 1.82) is 0 Å². The van der Waals surface area contributed by atoms with Crippen molar-refractivity contribution in [3.8, 4) is 11.5 Å². The molecular formula is C13H12N2O.